The Hall–Kier alpha value is -4.00. The van der Waals surface area contributed by atoms with Gasteiger partial charge in [0.25, 0.3) is 6.71 Å². The first kappa shape index (κ1) is 40.8. The molecule has 0 amide bonds. The van der Waals surface area contributed by atoms with E-state index in [1.807, 2.05) is 0 Å². The second-order valence-electron chi connectivity index (χ2n) is 24.5. The maximum atomic E-state index is 2.97. The molecule has 4 atom stereocenters. The highest BCUT2D eigenvalue weighted by molar-refractivity contribution is 7.00. The van der Waals surface area contributed by atoms with Gasteiger partial charge in [0.15, 0.2) is 0 Å². The van der Waals surface area contributed by atoms with Crippen LogP contribution >= 0.6 is 0 Å². The first-order chi connectivity index (χ1) is 29.2. The Balaban J connectivity index is 1.31. The van der Waals surface area contributed by atoms with Crippen LogP contribution in [-0.4, -0.2) is 33.9 Å². The Bertz CT molecular complexity index is 2640. The van der Waals surface area contributed by atoms with Gasteiger partial charge >= 0.3 is 0 Å². The molecule has 62 heavy (non-hydrogen) atoms. The van der Waals surface area contributed by atoms with E-state index in [2.05, 4.69) is 193 Å². The lowest BCUT2D eigenvalue weighted by Gasteiger charge is -2.55. The summed E-state index contributed by atoms with van der Waals surface area (Å²) >= 11 is 0. The number of fused-ring (bicyclic) bond motifs is 10. The topological polar surface area (TPSA) is 9.72 Å². The molecule has 11 rings (SSSR count). The van der Waals surface area contributed by atoms with E-state index in [1.165, 1.54) is 113 Å². The Morgan fingerprint density at radius 2 is 1.03 bits per heavy atom. The van der Waals surface area contributed by atoms with Crippen molar-refractivity contribution in [3.05, 3.63) is 108 Å². The van der Waals surface area contributed by atoms with Crippen molar-refractivity contribution in [2.75, 3.05) is 14.7 Å². The summed E-state index contributed by atoms with van der Waals surface area (Å²) in [6.45, 7) is 33.3. The minimum absolute atomic E-state index is 0.0364. The average molecular weight is 852 g/mol. The largest absolute Gasteiger partial charge is 0.335 e. The molecule has 2 aliphatic carbocycles. The fourth-order valence-electron chi connectivity index (χ4n) is 14.2. The van der Waals surface area contributed by atoms with Crippen LogP contribution < -0.4 is 41.5 Å². The van der Waals surface area contributed by atoms with Crippen molar-refractivity contribution in [2.45, 2.75) is 166 Å². The van der Waals surface area contributed by atoms with Gasteiger partial charge in [-0.1, -0.05) is 166 Å². The molecule has 0 radical (unpaired) electrons. The van der Waals surface area contributed by atoms with Crippen LogP contribution in [-0.2, 0) is 16.2 Å². The molecule has 4 aliphatic heterocycles. The highest BCUT2D eigenvalue weighted by Gasteiger charge is 2.65. The van der Waals surface area contributed by atoms with E-state index < -0.39 is 16.1 Å². The third-order valence-corrected chi connectivity index (χ3v) is 22.0. The number of anilines is 7. The summed E-state index contributed by atoms with van der Waals surface area (Å²) in [7, 11) is -3.60. The molecule has 0 saturated heterocycles. The molecule has 3 nitrogen and oxygen atoms in total. The van der Waals surface area contributed by atoms with Crippen molar-refractivity contribution in [1.82, 2.24) is 0 Å². The monoisotopic (exact) mass is 852 g/mol. The van der Waals surface area contributed by atoms with E-state index >= 15 is 0 Å². The predicted molar refractivity (Wildman–Crippen MR) is 276 cm³/mol. The quantitative estimate of drug-likeness (QED) is 0.163. The summed E-state index contributed by atoms with van der Waals surface area (Å²) in [5, 5.41) is 3.04. The molecule has 0 aromatic heterocycles. The fourth-order valence-corrected chi connectivity index (χ4v) is 17.3. The van der Waals surface area contributed by atoms with Gasteiger partial charge in [0.05, 0.1) is 32.9 Å². The zero-order valence-electron chi connectivity index (χ0n) is 40.2. The predicted octanol–water partition coefficient (Wildman–Crippen LogP) is 12.2. The smallest absolute Gasteiger partial charge is 0.252 e. The minimum Gasteiger partial charge on any atom is -0.335 e. The fraction of sp³-hybridized carbons (Fsp3) is 0.464. The van der Waals surface area contributed by atoms with Crippen molar-refractivity contribution in [3.63, 3.8) is 0 Å². The van der Waals surface area contributed by atoms with Gasteiger partial charge in [-0.3, -0.25) is 0 Å². The van der Waals surface area contributed by atoms with Crippen molar-refractivity contribution in [3.8, 4) is 0 Å². The zero-order chi connectivity index (χ0) is 43.7. The molecule has 5 aromatic carbocycles. The third-order valence-electron chi connectivity index (χ3n) is 17.9. The Morgan fingerprint density at radius 1 is 0.548 bits per heavy atom. The number of hydrogen-bond acceptors (Lipinski definition) is 3. The second kappa shape index (κ2) is 12.8. The lowest BCUT2D eigenvalue weighted by atomic mass is 9.33. The van der Waals surface area contributed by atoms with Gasteiger partial charge in [0.2, 0.25) is 0 Å². The summed E-state index contributed by atoms with van der Waals surface area (Å²) in [6.07, 6.45) is 10.0. The standard InChI is InChI=1S/C56H70BN3Si2/c1-52(2,3)37-33-40-51-42(34-37)57-41-24-22-23-39-50(41)59(55(6)31-20-18-29-53(39,55)4)45-35-38(36-46(49(45)57)60(51)56(7)32-21-19-30-54(40,56)5)58(43-25-14-16-27-47(43)61(8,9)10)44-26-15-17-28-48(44)62(11,12)13/h14-17,22-28,33-36H,18-21,29-32H2,1-13H3. The van der Waals surface area contributed by atoms with Crippen LogP contribution in [0.2, 0.25) is 39.3 Å². The van der Waals surface area contributed by atoms with E-state index in [0.717, 1.165) is 0 Å². The number of nitrogens with zero attached hydrogens (tertiary/aromatic N) is 3. The molecule has 4 heterocycles. The van der Waals surface area contributed by atoms with Crippen molar-refractivity contribution < 1.29 is 0 Å². The average Bonchev–Trinajstić information content (AvgIpc) is 3.56. The summed E-state index contributed by atoms with van der Waals surface area (Å²) in [4.78, 5) is 8.69. The second-order valence-corrected chi connectivity index (χ2v) is 34.5. The Kier molecular flexibility index (Phi) is 8.44. The lowest BCUT2D eigenvalue weighted by Crippen LogP contribution is -2.66. The first-order valence-electron chi connectivity index (χ1n) is 24.3. The van der Waals surface area contributed by atoms with Crippen molar-refractivity contribution in [1.29, 1.82) is 0 Å². The van der Waals surface area contributed by atoms with Crippen LogP contribution in [0.15, 0.2) is 91.0 Å². The maximum absolute atomic E-state index is 2.97. The number of rotatable bonds is 5. The van der Waals surface area contributed by atoms with Crippen molar-refractivity contribution >= 4 is 89.4 Å². The van der Waals surface area contributed by atoms with Crippen LogP contribution in [0.25, 0.3) is 0 Å². The third kappa shape index (κ3) is 5.11. The molecule has 4 unspecified atom stereocenters. The Morgan fingerprint density at radius 3 is 1.55 bits per heavy atom. The highest BCUT2D eigenvalue weighted by atomic mass is 28.3. The maximum Gasteiger partial charge on any atom is 0.252 e. The van der Waals surface area contributed by atoms with Gasteiger partial charge in [-0.05, 0) is 113 Å². The van der Waals surface area contributed by atoms with Crippen LogP contribution in [0, 0.1) is 0 Å². The van der Waals surface area contributed by atoms with E-state index in [-0.39, 0.29) is 34.0 Å². The number of benzene rings is 5. The summed E-state index contributed by atoms with van der Waals surface area (Å²) in [6, 6.07) is 37.2. The summed E-state index contributed by atoms with van der Waals surface area (Å²) in [5.41, 5.74) is 19.3. The zero-order valence-corrected chi connectivity index (χ0v) is 42.2. The SMILES string of the molecule is CC(C)(C)c1cc2c3c(c1)C1(C)CCCCC1(C)N3c1cc(N(c3ccccc3[Si](C)(C)C)c3ccccc3[Si](C)(C)C)cc3c1B2c1cccc2c1N3C1(C)CCCCC21C. The van der Waals surface area contributed by atoms with Crippen LogP contribution in [0.5, 0.6) is 0 Å². The summed E-state index contributed by atoms with van der Waals surface area (Å²) in [5.74, 6) is 0. The molecular formula is C56H70BN3Si2. The van der Waals surface area contributed by atoms with E-state index in [9.17, 15) is 0 Å². The molecule has 6 aliphatic rings. The number of hydrogen-bond donors (Lipinski definition) is 0. The lowest BCUT2D eigenvalue weighted by molar-refractivity contribution is 0.194. The molecule has 320 valence electrons. The van der Waals surface area contributed by atoms with Gasteiger partial charge in [0.1, 0.15) is 0 Å². The molecule has 2 saturated carbocycles. The van der Waals surface area contributed by atoms with Gasteiger partial charge in [-0.2, -0.15) is 0 Å². The van der Waals surface area contributed by atoms with Gasteiger partial charge in [0, 0.05) is 45.0 Å². The van der Waals surface area contributed by atoms with Gasteiger partial charge in [-0.25, -0.2) is 0 Å². The summed E-state index contributed by atoms with van der Waals surface area (Å²) < 4.78 is 0. The highest BCUT2D eigenvalue weighted by Crippen LogP contribution is 2.65. The minimum atomic E-state index is -1.80. The van der Waals surface area contributed by atoms with Crippen LogP contribution in [0.1, 0.15) is 117 Å². The molecule has 0 spiro atoms. The van der Waals surface area contributed by atoms with E-state index in [0.29, 0.717) is 0 Å². The Labute approximate surface area is 376 Å². The van der Waals surface area contributed by atoms with E-state index in [1.54, 1.807) is 22.1 Å². The first-order valence-corrected chi connectivity index (χ1v) is 31.3. The molecular weight excluding hydrogens is 782 g/mol. The van der Waals surface area contributed by atoms with Crippen LogP contribution in [0.4, 0.5) is 39.8 Å². The van der Waals surface area contributed by atoms with E-state index in [4.69, 9.17) is 0 Å². The number of para-hydroxylation sites is 3. The molecule has 5 aromatic rings. The normalized spacial score (nSPS) is 26.8. The van der Waals surface area contributed by atoms with Crippen LogP contribution in [0.3, 0.4) is 0 Å². The van der Waals surface area contributed by atoms with Gasteiger partial charge < -0.3 is 14.7 Å². The molecule has 0 N–H and O–H groups in total. The van der Waals surface area contributed by atoms with Crippen molar-refractivity contribution in [2.24, 2.45) is 0 Å². The molecule has 2 fully saturated rings. The van der Waals surface area contributed by atoms with Gasteiger partial charge in [-0.15, -0.1) is 0 Å². The molecule has 0 bridgehead atoms. The molecule has 6 heteroatoms.